The summed E-state index contributed by atoms with van der Waals surface area (Å²) >= 11 is 0. The van der Waals surface area contributed by atoms with Crippen molar-refractivity contribution in [2.45, 2.75) is 6.92 Å². The third-order valence-electron chi connectivity index (χ3n) is 1.70. The van der Waals surface area contributed by atoms with Gasteiger partial charge in [-0.25, -0.2) is 0 Å². The summed E-state index contributed by atoms with van der Waals surface area (Å²) in [6, 6.07) is 7.55. The van der Waals surface area contributed by atoms with Crippen molar-refractivity contribution >= 4 is 12.4 Å². The highest BCUT2D eigenvalue weighted by Gasteiger charge is 1.91. The first kappa shape index (κ1) is 9.52. The van der Waals surface area contributed by atoms with Crippen LogP contribution in [0.1, 0.15) is 12.5 Å². The minimum absolute atomic E-state index is 0.713. The molecule has 0 saturated carbocycles. The van der Waals surface area contributed by atoms with Gasteiger partial charge in [0.15, 0.2) is 0 Å². The first-order valence-electron chi connectivity index (χ1n) is 4.04. The molecule has 0 heterocycles. The van der Waals surface area contributed by atoms with E-state index < -0.39 is 0 Å². The second kappa shape index (κ2) is 4.45. The molecule has 2 heteroatoms. The molecule has 0 aromatic heterocycles. The van der Waals surface area contributed by atoms with Gasteiger partial charge in [0, 0.05) is 0 Å². The van der Waals surface area contributed by atoms with Crippen LogP contribution in [0.15, 0.2) is 29.8 Å². The van der Waals surface area contributed by atoms with E-state index in [9.17, 15) is 4.79 Å². The van der Waals surface area contributed by atoms with Gasteiger partial charge in [-0.05, 0) is 36.3 Å². The van der Waals surface area contributed by atoms with E-state index in [1.54, 1.807) is 14.0 Å². The Kier molecular flexibility index (Phi) is 3.26. The molecule has 0 radical (unpaired) electrons. The van der Waals surface area contributed by atoms with Gasteiger partial charge in [0.2, 0.25) is 0 Å². The SMILES string of the molecule is COc1ccc(/C=C(/C)C=O)cc1. The summed E-state index contributed by atoms with van der Waals surface area (Å²) in [5, 5.41) is 0. The second-order valence-electron chi connectivity index (χ2n) is 2.78. The summed E-state index contributed by atoms with van der Waals surface area (Å²) < 4.78 is 5.01. The average molecular weight is 176 g/mol. The fourth-order valence-electron chi connectivity index (χ4n) is 0.997. The van der Waals surface area contributed by atoms with Crippen LogP contribution in [0.25, 0.3) is 6.08 Å². The van der Waals surface area contributed by atoms with Crippen LogP contribution in [-0.2, 0) is 4.79 Å². The number of carbonyl (C=O) groups excluding carboxylic acids is 1. The topological polar surface area (TPSA) is 26.3 Å². The van der Waals surface area contributed by atoms with Crippen LogP contribution in [0.4, 0.5) is 0 Å². The van der Waals surface area contributed by atoms with Gasteiger partial charge < -0.3 is 4.74 Å². The average Bonchev–Trinajstić information content (AvgIpc) is 2.19. The summed E-state index contributed by atoms with van der Waals surface area (Å²) in [7, 11) is 1.63. The fraction of sp³-hybridized carbons (Fsp3) is 0.182. The predicted molar refractivity (Wildman–Crippen MR) is 52.7 cm³/mol. The lowest BCUT2D eigenvalue weighted by molar-refractivity contribution is -0.104. The van der Waals surface area contributed by atoms with E-state index in [1.165, 1.54) is 0 Å². The molecule has 1 aromatic rings. The zero-order valence-electron chi connectivity index (χ0n) is 7.78. The van der Waals surface area contributed by atoms with Crippen LogP contribution in [-0.4, -0.2) is 13.4 Å². The molecule has 0 aliphatic carbocycles. The molecule has 0 aliphatic heterocycles. The number of benzene rings is 1. The summed E-state index contributed by atoms with van der Waals surface area (Å²) in [5.41, 5.74) is 1.72. The Bertz CT molecular complexity index is 309. The molecule has 0 saturated heterocycles. The summed E-state index contributed by atoms with van der Waals surface area (Å²) in [6.45, 7) is 1.78. The molecular weight excluding hydrogens is 164 g/mol. The van der Waals surface area contributed by atoms with Crippen molar-refractivity contribution in [2.24, 2.45) is 0 Å². The molecule has 1 aromatic carbocycles. The number of hydrogen-bond acceptors (Lipinski definition) is 2. The van der Waals surface area contributed by atoms with Gasteiger partial charge in [-0.2, -0.15) is 0 Å². The van der Waals surface area contributed by atoms with E-state index in [1.807, 2.05) is 30.3 Å². The van der Waals surface area contributed by atoms with Gasteiger partial charge >= 0.3 is 0 Å². The van der Waals surface area contributed by atoms with Gasteiger partial charge in [-0.1, -0.05) is 12.1 Å². The number of aldehydes is 1. The third kappa shape index (κ3) is 2.75. The molecule has 0 amide bonds. The molecule has 68 valence electrons. The maximum Gasteiger partial charge on any atom is 0.145 e. The summed E-state index contributed by atoms with van der Waals surface area (Å²) in [4.78, 5) is 10.3. The molecule has 1 rings (SSSR count). The Balaban J connectivity index is 2.86. The maximum absolute atomic E-state index is 10.3. The first-order valence-corrected chi connectivity index (χ1v) is 4.04. The highest BCUT2D eigenvalue weighted by Crippen LogP contribution is 2.13. The first-order chi connectivity index (χ1) is 6.26. The zero-order valence-corrected chi connectivity index (χ0v) is 7.78. The Morgan fingerprint density at radius 3 is 2.38 bits per heavy atom. The number of hydrogen-bond donors (Lipinski definition) is 0. The molecule has 0 N–H and O–H groups in total. The molecule has 2 nitrogen and oxygen atoms in total. The smallest absolute Gasteiger partial charge is 0.145 e. The van der Waals surface area contributed by atoms with E-state index >= 15 is 0 Å². The van der Waals surface area contributed by atoms with Crippen molar-refractivity contribution in [3.8, 4) is 5.75 Å². The van der Waals surface area contributed by atoms with Crippen molar-refractivity contribution in [1.29, 1.82) is 0 Å². The highest BCUT2D eigenvalue weighted by atomic mass is 16.5. The molecule has 0 unspecified atom stereocenters. The van der Waals surface area contributed by atoms with Crippen molar-refractivity contribution in [1.82, 2.24) is 0 Å². The van der Waals surface area contributed by atoms with Gasteiger partial charge in [0.05, 0.1) is 7.11 Å². The molecule has 0 bridgehead atoms. The monoisotopic (exact) mass is 176 g/mol. The second-order valence-corrected chi connectivity index (χ2v) is 2.78. The maximum atomic E-state index is 10.3. The van der Waals surface area contributed by atoms with Gasteiger partial charge in [-0.15, -0.1) is 0 Å². The fourth-order valence-corrected chi connectivity index (χ4v) is 0.997. The van der Waals surface area contributed by atoms with Gasteiger partial charge in [-0.3, -0.25) is 4.79 Å². The van der Waals surface area contributed by atoms with Crippen LogP contribution >= 0.6 is 0 Å². The van der Waals surface area contributed by atoms with Crippen LogP contribution in [0, 0.1) is 0 Å². The van der Waals surface area contributed by atoms with Crippen molar-refractivity contribution < 1.29 is 9.53 Å². The zero-order chi connectivity index (χ0) is 9.68. The van der Waals surface area contributed by atoms with E-state index in [0.29, 0.717) is 5.57 Å². The quantitative estimate of drug-likeness (QED) is 0.521. The normalized spacial score (nSPS) is 11.1. The predicted octanol–water partition coefficient (Wildman–Crippen LogP) is 2.30. The molecule has 13 heavy (non-hydrogen) atoms. The number of carbonyl (C=O) groups is 1. The standard InChI is InChI=1S/C11H12O2/c1-9(8-12)7-10-3-5-11(13-2)6-4-10/h3-8H,1-2H3/b9-7-. The molecule has 0 atom stereocenters. The van der Waals surface area contributed by atoms with Crippen LogP contribution in [0.2, 0.25) is 0 Å². The van der Waals surface area contributed by atoms with Crippen LogP contribution in [0.5, 0.6) is 5.75 Å². The largest absolute Gasteiger partial charge is 0.497 e. The molecule has 0 fully saturated rings. The van der Waals surface area contributed by atoms with E-state index in [4.69, 9.17) is 4.74 Å². The van der Waals surface area contributed by atoms with E-state index in [-0.39, 0.29) is 0 Å². The van der Waals surface area contributed by atoms with Gasteiger partial charge in [0.1, 0.15) is 12.0 Å². The number of ether oxygens (including phenoxy) is 1. The minimum Gasteiger partial charge on any atom is -0.497 e. The summed E-state index contributed by atoms with van der Waals surface area (Å²) in [6.07, 6.45) is 2.66. The Hall–Kier alpha value is -1.57. The van der Waals surface area contributed by atoms with Gasteiger partial charge in [0.25, 0.3) is 0 Å². The Labute approximate surface area is 77.8 Å². The number of allylic oxidation sites excluding steroid dienone is 1. The van der Waals surface area contributed by atoms with Crippen LogP contribution < -0.4 is 4.74 Å². The third-order valence-corrected chi connectivity index (χ3v) is 1.70. The lowest BCUT2D eigenvalue weighted by atomic mass is 10.1. The Morgan fingerprint density at radius 1 is 1.31 bits per heavy atom. The molecular formula is C11H12O2. The minimum atomic E-state index is 0.713. The molecule has 0 aliphatic rings. The molecule has 0 spiro atoms. The lowest BCUT2D eigenvalue weighted by Gasteiger charge is -1.99. The van der Waals surface area contributed by atoms with Crippen molar-refractivity contribution in [3.63, 3.8) is 0 Å². The van der Waals surface area contributed by atoms with Crippen molar-refractivity contribution in [2.75, 3.05) is 7.11 Å². The number of methoxy groups -OCH3 is 1. The Morgan fingerprint density at radius 2 is 1.92 bits per heavy atom. The van der Waals surface area contributed by atoms with Crippen LogP contribution in [0.3, 0.4) is 0 Å². The highest BCUT2D eigenvalue weighted by molar-refractivity contribution is 5.80. The van der Waals surface area contributed by atoms with E-state index in [0.717, 1.165) is 17.6 Å². The summed E-state index contributed by atoms with van der Waals surface area (Å²) in [5.74, 6) is 0.820. The van der Waals surface area contributed by atoms with Crippen molar-refractivity contribution in [3.05, 3.63) is 35.4 Å². The van der Waals surface area contributed by atoms with E-state index in [2.05, 4.69) is 0 Å². The lowest BCUT2D eigenvalue weighted by Crippen LogP contribution is -1.82. The number of rotatable bonds is 3.